The molecular formula is C28H36N4O3. The number of hydrogen-bond acceptors (Lipinski definition) is 5. The summed E-state index contributed by atoms with van der Waals surface area (Å²) in [5.41, 5.74) is 4.75. The quantitative estimate of drug-likeness (QED) is 0.517. The number of carbonyl (C=O) groups excluding carboxylic acids is 1. The van der Waals surface area contributed by atoms with E-state index in [4.69, 9.17) is 9.84 Å². The minimum absolute atomic E-state index is 0.249. The second-order valence-corrected chi connectivity index (χ2v) is 10.4. The Morgan fingerprint density at radius 3 is 2.57 bits per heavy atom. The van der Waals surface area contributed by atoms with Gasteiger partial charge in [0.2, 0.25) is 0 Å². The number of benzene rings is 2. The first-order valence-electron chi connectivity index (χ1n) is 12.2. The van der Waals surface area contributed by atoms with E-state index in [1.165, 1.54) is 5.57 Å². The summed E-state index contributed by atoms with van der Waals surface area (Å²) in [4.78, 5) is 16.5. The molecule has 0 bridgehead atoms. The van der Waals surface area contributed by atoms with Crippen LogP contribution >= 0.6 is 0 Å². The lowest BCUT2D eigenvalue weighted by Gasteiger charge is -2.29. The van der Waals surface area contributed by atoms with Crippen molar-refractivity contribution in [2.24, 2.45) is 0 Å². The summed E-state index contributed by atoms with van der Waals surface area (Å²) in [6, 6.07) is 13.6. The Bertz CT molecular complexity index is 1240. The molecule has 0 atom stereocenters. The molecule has 0 unspecified atom stereocenters. The Balaban J connectivity index is 1.66. The highest BCUT2D eigenvalue weighted by Gasteiger charge is 2.26. The van der Waals surface area contributed by atoms with Crippen molar-refractivity contribution < 1.29 is 14.6 Å². The molecule has 1 aromatic heterocycles. The molecule has 0 aliphatic carbocycles. The average molecular weight is 477 g/mol. The van der Waals surface area contributed by atoms with Crippen LogP contribution in [0.2, 0.25) is 0 Å². The molecule has 0 saturated heterocycles. The van der Waals surface area contributed by atoms with E-state index in [2.05, 4.69) is 48.0 Å². The van der Waals surface area contributed by atoms with Crippen LogP contribution in [0, 0.1) is 0 Å². The molecule has 4 rings (SSSR count). The third kappa shape index (κ3) is 6.03. The Hall–Kier alpha value is -3.32. The lowest BCUT2D eigenvalue weighted by Crippen LogP contribution is -2.39. The maximum atomic E-state index is 12.5. The highest BCUT2D eigenvalue weighted by molar-refractivity contribution is 5.93. The van der Waals surface area contributed by atoms with E-state index in [-0.39, 0.29) is 11.8 Å². The van der Waals surface area contributed by atoms with Crippen LogP contribution < -0.4 is 0 Å². The summed E-state index contributed by atoms with van der Waals surface area (Å²) in [7, 11) is 4.16. The number of aryl methyl sites for hydroxylation is 1. The summed E-state index contributed by atoms with van der Waals surface area (Å²) in [5, 5.41) is 16.0. The van der Waals surface area contributed by atoms with Gasteiger partial charge >= 0.3 is 6.09 Å². The smallest absolute Gasteiger partial charge is 0.410 e. The van der Waals surface area contributed by atoms with Crippen molar-refractivity contribution >= 4 is 22.6 Å². The molecule has 2 aromatic carbocycles. The van der Waals surface area contributed by atoms with Crippen molar-refractivity contribution in [2.45, 2.75) is 45.8 Å². The Morgan fingerprint density at radius 2 is 1.91 bits per heavy atom. The normalized spacial score (nSPS) is 14.5. The van der Waals surface area contributed by atoms with Gasteiger partial charge in [0, 0.05) is 25.0 Å². The minimum Gasteiger partial charge on any atom is -0.508 e. The first-order valence-corrected chi connectivity index (χ1v) is 12.2. The number of rotatable bonds is 6. The number of aromatic nitrogens is 2. The van der Waals surface area contributed by atoms with Crippen molar-refractivity contribution in [3.63, 3.8) is 0 Å². The maximum absolute atomic E-state index is 12.5. The SMILES string of the molecule is CN(C)CCCn1nc2cc(-c3cccc(O)c3)ccc2c1C1=CCN(C(=O)OC(C)(C)C)CC1. The van der Waals surface area contributed by atoms with E-state index in [0.717, 1.165) is 53.7 Å². The molecule has 1 aliphatic rings. The lowest BCUT2D eigenvalue weighted by atomic mass is 9.99. The molecular weight excluding hydrogens is 440 g/mol. The number of phenolic OH excluding ortho intramolecular Hbond substituents is 1. The monoisotopic (exact) mass is 476 g/mol. The number of amides is 1. The van der Waals surface area contributed by atoms with Crippen molar-refractivity contribution in [2.75, 3.05) is 33.7 Å². The fraction of sp³-hybridized carbons (Fsp3) is 0.429. The van der Waals surface area contributed by atoms with E-state index in [0.29, 0.717) is 13.1 Å². The fourth-order valence-electron chi connectivity index (χ4n) is 4.41. The average Bonchev–Trinajstić information content (AvgIpc) is 3.15. The Labute approximate surface area is 207 Å². The summed E-state index contributed by atoms with van der Waals surface area (Å²) < 4.78 is 7.67. The van der Waals surface area contributed by atoms with E-state index in [1.54, 1.807) is 17.0 Å². The lowest BCUT2D eigenvalue weighted by molar-refractivity contribution is 0.0270. The van der Waals surface area contributed by atoms with Gasteiger partial charge in [0.25, 0.3) is 0 Å². The number of ether oxygens (including phenoxy) is 1. The molecule has 7 nitrogen and oxygen atoms in total. The van der Waals surface area contributed by atoms with Crippen molar-refractivity contribution in [3.8, 4) is 16.9 Å². The van der Waals surface area contributed by atoms with E-state index < -0.39 is 5.60 Å². The largest absolute Gasteiger partial charge is 0.508 e. The third-order valence-electron chi connectivity index (χ3n) is 6.06. The zero-order valence-corrected chi connectivity index (χ0v) is 21.4. The predicted octanol–water partition coefficient (Wildman–Crippen LogP) is 5.38. The highest BCUT2D eigenvalue weighted by atomic mass is 16.6. The number of phenols is 1. The molecule has 0 radical (unpaired) electrons. The van der Waals surface area contributed by atoms with Gasteiger partial charge in [0.1, 0.15) is 11.4 Å². The number of aromatic hydroxyl groups is 1. The number of hydrogen-bond donors (Lipinski definition) is 1. The van der Waals surface area contributed by atoms with E-state index in [9.17, 15) is 9.90 Å². The molecule has 2 heterocycles. The van der Waals surface area contributed by atoms with Crippen LogP contribution in [0.1, 0.15) is 39.3 Å². The van der Waals surface area contributed by atoms with E-state index >= 15 is 0 Å². The molecule has 35 heavy (non-hydrogen) atoms. The predicted molar refractivity (Wildman–Crippen MR) is 140 cm³/mol. The summed E-state index contributed by atoms with van der Waals surface area (Å²) in [6.45, 7) is 8.60. The van der Waals surface area contributed by atoms with Crippen LogP contribution in [0.3, 0.4) is 0 Å². The van der Waals surface area contributed by atoms with Crippen LogP contribution in [-0.2, 0) is 11.3 Å². The number of nitrogens with zero attached hydrogens (tertiary/aromatic N) is 4. The highest BCUT2D eigenvalue weighted by Crippen LogP contribution is 2.33. The zero-order valence-electron chi connectivity index (χ0n) is 21.4. The Kier molecular flexibility index (Phi) is 7.17. The standard InChI is InChI=1S/C28H36N4O3/c1-28(2,3)35-27(34)31-16-12-20(13-17-31)26-24-11-10-22(21-8-6-9-23(33)18-21)19-25(24)29-32(26)15-7-14-30(4)5/h6,8-12,18-19,33H,7,13-17H2,1-5H3. The molecule has 0 spiro atoms. The van der Waals surface area contributed by atoms with Gasteiger partial charge in [-0.1, -0.05) is 24.3 Å². The fourth-order valence-corrected chi connectivity index (χ4v) is 4.41. The third-order valence-corrected chi connectivity index (χ3v) is 6.06. The van der Waals surface area contributed by atoms with Crippen molar-refractivity contribution in [3.05, 3.63) is 54.2 Å². The topological polar surface area (TPSA) is 70.8 Å². The summed E-state index contributed by atoms with van der Waals surface area (Å²) in [6.07, 6.45) is 3.61. The molecule has 1 amide bonds. The first kappa shape index (κ1) is 24.8. The van der Waals surface area contributed by atoms with Crippen molar-refractivity contribution in [1.29, 1.82) is 0 Å². The van der Waals surface area contributed by atoms with Crippen LogP contribution in [0.15, 0.2) is 48.5 Å². The van der Waals surface area contributed by atoms with Crippen LogP contribution in [0.25, 0.3) is 27.6 Å². The minimum atomic E-state index is -0.504. The van der Waals surface area contributed by atoms with Gasteiger partial charge in [-0.05, 0) is 95.2 Å². The van der Waals surface area contributed by atoms with E-state index in [1.807, 2.05) is 32.9 Å². The molecule has 0 saturated carbocycles. The van der Waals surface area contributed by atoms with Gasteiger partial charge in [-0.2, -0.15) is 5.10 Å². The molecule has 3 aromatic rings. The molecule has 1 aliphatic heterocycles. The Morgan fingerprint density at radius 1 is 1.14 bits per heavy atom. The van der Waals surface area contributed by atoms with Crippen molar-refractivity contribution in [1.82, 2.24) is 19.6 Å². The second-order valence-electron chi connectivity index (χ2n) is 10.4. The number of carbonyl (C=O) groups is 1. The van der Waals surface area contributed by atoms with Gasteiger partial charge in [-0.25, -0.2) is 4.79 Å². The van der Waals surface area contributed by atoms with Gasteiger partial charge in [-0.3, -0.25) is 4.68 Å². The van der Waals surface area contributed by atoms with Gasteiger partial charge in [0.15, 0.2) is 0 Å². The maximum Gasteiger partial charge on any atom is 0.410 e. The number of fused-ring (bicyclic) bond motifs is 1. The molecule has 1 N–H and O–H groups in total. The van der Waals surface area contributed by atoms with Gasteiger partial charge in [0.05, 0.1) is 11.2 Å². The van der Waals surface area contributed by atoms with Crippen LogP contribution in [-0.4, -0.2) is 70.1 Å². The summed E-state index contributed by atoms with van der Waals surface area (Å²) >= 11 is 0. The second kappa shape index (κ2) is 10.1. The van der Waals surface area contributed by atoms with Gasteiger partial charge in [-0.15, -0.1) is 0 Å². The van der Waals surface area contributed by atoms with Crippen LogP contribution in [0.4, 0.5) is 4.79 Å². The first-order chi connectivity index (χ1) is 16.6. The van der Waals surface area contributed by atoms with Crippen LogP contribution in [0.5, 0.6) is 5.75 Å². The molecule has 7 heteroatoms. The van der Waals surface area contributed by atoms with Gasteiger partial charge < -0.3 is 19.6 Å². The molecule has 0 fully saturated rings. The zero-order chi connectivity index (χ0) is 25.2. The summed E-state index contributed by atoms with van der Waals surface area (Å²) in [5.74, 6) is 0.249. The molecule has 186 valence electrons.